The standard InChI is InChI=1S/C17H12BrN5/c18-14-6-1-2-7-15(14)22-17-20-9-8-16(23-17)21-13-5-3-4-12(10-13)11-19/h1-10H,(H2,20,21,22,23). The van der Waals surface area contributed by atoms with Crippen molar-refractivity contribution >= 4 is 39.1 Å². The van der Waals surface area contributed by atoms with E-state index in [1.807, 2.05) is 36.4 Å². The number of halogens is 1. The van der Waals surface area contributed by atoms with Gasteiger partial charge >= 0.3 is 0 Å². The predicted molar refractivity (Wildman–Crippen MR) is 93.9 cm³/mol. The van der Waals surface area contributed by atoms with Crippen LogP contribution in [0.25, 0.3) is 0 Å². The SMILES string of the molecule is N#Cc1cccc(Nc2ccnc(Nc3ccccc3Br)n2)c1. The quantitative estimate of drug-likeness (QED) is 0.706. The number of anilines is 4. The Morgan fingerprint density at radius 3 is 2.70 bits per heavy atom. The van der Waals surface area contributed by atoms with Crippen LogP contribution in [-0.4, -0.2) is 9.97 Å². The molecule has 0 saturated heterocycles. The molecule has 1 aromatic heterocycles. The van der Waals surface area contributed by atoms with Crippen molar-refractivity contribution in [2.75, 3.05) is 10.6 Å². The van der Waals surface area contributed by atoms with Gasteiger partial charge in [0.15, 0.2) is 0 Å². The van der Waals surface area contributed by atoms with Gasteiger partial charge in [0.1, 0.15) is 5.82 Å². The van der Waals surface area contributed by atoms with E-state index in [0.29, 0.717) is 17.3 Å². The van der Waals surface area contributed by atoms with E-state index in [1.165, 1.54) is 0 Å². The molecule has 0 radical (unpaired) electrons. The van der Waals surface area contributed by atoms with Crippen LogP contribution in [0.1, 0.15) is 5.56 Å². The Bertz CT molecular complexity index is 873. The molecule has 0 bridgehead atoms. The molecule has 23 heavy (non-hydrogen) atoms. The van der Waals surface area contributed by atoms with E-state index in [4.69, 9.17) is 5.26 Å². The number of nitrogens with zero attached hydrogens (tertiary/aromatic N) is 3. The molecule has 3 rings (SSSR count). The summed E-state index contributed by atoms with van der Waals surface area (Å²) in [5, 5.41) is 15.3. The molecule has 2 N–H and O–H groups in total. The molecular formula is C17H12BrN5. The summed E-state index contributed by atoms with van der Waals surface area (Å²) < 4.78 is 0.934. The molecule has 0 aliphatic heterocycles. The van der Waals surface area contributed by atoms with E-state index in [1.54, 1.807) is 24.4 Å². The predicted octanol–water partition coefficient (Wildman–Crippen LogP) is 4.60. The number of nitriles is 1. The molecule has 6 heteroatoms. The van der Waals surface area contributed by atoms with E-state index in [9.17, 15) is 0 Å². The van der Waals surface area contributed by atoms with Gasteiger partial charge in [0, 0.05) is 16.4 Å². The zero-order valence-electron chi connectivity index (χ0n) is 12.0. The maximum Gasteiger partial charge on any atom is 0.229 e. The fourth-order valence-electron chi connectivity index (χ4n) is 1.99. The molecular weight excluding hydrogens is 354 g/mol. The largest absolute Gasteiger partial charge is 0.340 e. The highest BCUT2D eigenvalue weighted by Crippen LogP contribution is 2.24. The second-order valence-corrected chi connectivity index (χ2v) is 5.54. The van der Waals surface area contributed by atoms with Crippen molar-refractivity contribution in [3.8, 4) is 6.07 Å². The molecule has 0 spiro atoms. The first kappa shape index (κ1) is 15.0. The molecule has 3 aromatic rings. The van der Waals surface area contributed by atoms with E-state index in [2.05, 4.69) is 42.6 Å². The van der Waals surface area contributed by atoms with Crippen molar-refractivity contribution in [2.45, 2.75) is 0 Å². The third-order valence-corrected chi connectivity index (χ3v) is 3.73. The Balaban J connectivity index is 1.80. The molecule has 0 aliphatic carbocycles. The normalized spacial score (nSPS) is 9.91. The van der Waals surface area contributed by atoms with Crippen LogP contribution in [-0.2, 0) is 0 Å². The Labute approximate surface area is 142 Å². The molecule has 0 atom stereocenters. The first-order valence-corrected chi connectivity index (χ1v) is 7.66. The maximum absolute atomic E-state index is 8.94. The minimum Gasteiger partial charge on any atom is -0.340 e. The fourth-order valence-corrected chi connectivity index (χ4v) is 2.37. The highest BCUT2D eigenvalue weighted by Gasteiger charge is 2.03. The monoisotopic (exact) mass is 365 g/mol. The third kappa shape index (κ3) is 3.84. The zero-order valence-corrected chi connectivity index (χ0v) is 13.6. The summed E-state index contributed by atoms with van der Waals surface area (Å²) in [7, 11) is 0. The minimum absolute atomic E-state index is 0.485. The van der Waals surface area contributed by atoms with E-state index in [-0.39, 0.29) is 0 Å². The van der Waals surface area contributed by atoms with Gasteiger partial charge < -0.3 is 10.6 Å². The lowest BCUT2D eigenvalue weighted by molar-refractivity contribution is 1.16. The summed E-state index contributed by atoms with van der Waals surface area (Å²) in [6, 6.07) is 18.9. The van der Waals surface area contributed by atoms with E-state index in [0.717, 1.165) is 15.8 Å². The molecule has 1 heterocycles. The fraction of sp³-hybridized carbons (Fsp3) is 0. The molecule has 5 nitrogen and oxygen atoms in total. The second kappa shape index (κ2) is 6.90. The first-order chi connectivity index (χ1) is 11.2. The van der Waals surface area contributed by atoms with Gasteiger partial charge in [-0.15, -0.1) is 0 Å². The average Bonchev–Trinajstić information content (AvgIpc) is 2.57. The topological polar surface area (TPSA) is 73.6 Å². The lowest BCUT2D eigenvalue weighted by Crippen LogP contribution is -2.00. The summed E-state index contributed by atoms with van der Waals surface area (Å²) in [4.78, 5) is 8.64. The Hall–Kier alpha value is -2.91. The summed E-state index contributed by atoms with van der Waals surface area (Å²) in [6.45, 7) is 0. The molecule has 0 fully saturated rings. The Morgan fingerprint density at radius 2 is 1.87 bits per heavy atom. The van der Waals surface area contributed by atoms with Gasteiger partial charge in [-0.25, -0.2) is 4.98 Å². The Morgan fingerprint density at radius 1 is 1.00 bits per heavy atom. The first-order valence-electron chi connectivity index (χ1n) is 6.86. The maximum atomic E-state index is 8.94. The van der Waals surface area contributed by atoms with Gasteiger partial charge in [0.25, 0.3) is 0 Å². The molecule has 112 valence electrons. The van der Waals surface area contributed by atoms with Crippen molar-refractivity contribution in [3.05, 3.63) is 70.8 Å². The van der Waals surface area contributed by atoms with Crippen LogP contribution >= 0.6 is 15.9 Å². The van der Waals surface area contributed by atoms with Crippen LogP contribution in [0.4, 0.5) is 23.1 Å². The second-order valence-electron chi connectivity index (χ2n) is 4.69. The third-order valence-electron chi connectivity index (χ3n) is 3.04. The molecule has 2 aromatic carbocycles. The van der Waals surface area contributed by atoms with Crippen LogP contribution < -0.4 is 10.6 Å². The zero-order chi connectivity index (χ0) is 16.1. The van der Waals surface area contributed by atoms with Gasteiger partial charge in [0.05, 0.1) is 17.3 Å². The minimum atomic E-state index is 0.485. The number of hydrogen-bond acceptors (Lipinski definition) is 5. The summed E-state index contributed by atoms with van der Waals surface area (Å²) in [5.74, 6) is 1.13. The number of aromatic nitrogens is 2. The summed E-state index contributed by atoms with van der Waals surface area (Å²) in [5.41, 5.74) is 2.28. The van der Waals surface area contributed by atoms with Gasteiger partial charge in [-0.05, 0) is 52.3 Å². The van der Waals surface area contributed by atoms with E-state index < -0.39 is 0 Å². The number of benzene rings is 2. The van der Waals surface area contributed by atoms with Crippen molar-refractivity contribution in [1.82, 2.24) is 9.97 Å². The van der Waals surface area contributed by atoms with Gasteiger partial charge in [-0.3, -0.25) is 0 Å². The molecule has 0 amide bonds. The summed E-state index contributed by atoms with van der Waals surface area (Å²) in [6.07, 6.45) is 1.67. The van der Waals surface area contributed by atoms with E-state index >= 15 is 0 Å². The lowest BCUT2D eigenvalue weighted by atomic mass is 10.2. The molecule has 0 aliphatic rings. The summed E-state index contributed by atoms with van der Waals surface area (Å²) >= 11 is 3.48. The number of para-hydroxylation sites is 1. The average molecular weight is 366 g/mol. The highest BCUT2D eigenvalue weighted by atomic mass is 79.9. The smallest absolute Gasteiger partial charge is 0.229 e. The van der Waals surface area contributed by atoms with Crippen molar-refractivity contribution < 1.29 is 0 Å². The van der Waals surface area contributed by atoms with Crippen molar-refractivity contribution in [3.63, 3.8) is 0 Å². The number of hydrogen-bond donors (Lipinski definition) is 2. The van der Waals surface area contributed by atoms with Crippen LogP contribution in [0.3, 0.4) is 0 Å². The van der Waals surface area contributed by atoms with Gasteiger partial charge in [-0.1, -0.05) is 18.2 Å². The van der Waals surface area contributed by atoms with Crippen LogP contribution in [0.2, 0.25) is 0 Å². The lowest BCUT2D eigenvalue weighted by Gasteiger charge is -2.09. The number of nitrogens with one attached hydrogen (secondary N) is 2. The van der Waals surface area contributed by atoms with Crippen LogP contribution in [0.15, 0.2) is 65.3 Å². The molecule has 0 saturated carbocycles. The highest BCUT2D eigenvalue weighted by molar-refractivity contribution is 9.10. The van der Waals surface area contributed by atoms with Crippen LogP contribution in [0.5, 0.6) is 0 Å². The number of rotatable bonds is 4. The van der Waals surface area contributed by atoms with Gasteiger partial charge in [0.2, 0.25) is 5.95 Å². The van der Waals surface area contributed by atoms with Gasteiger partial charge in [-0.2, -0.15) is 10.2 Å². The van der Waals surface area contributed by atoms with Crippen molar-refractivity contribution in [1.29, 1.82) is 5.26 Å². The van der Waals surface area contributed by atoms with Crippen LogP contribution in [0, 0.1) is 11.3 Å². The Kier molecular flexibility index (Phi) is 4.50. The molecule has 0 unspecified atom stereocenters. The van der Waals surface area contributed by atoms with Crippen molar-refractivity contribution in [2.24, 2.45) is 0 Å².